The summed E-state index contributed by atoms with van der Waals surface area (Å²) >= 11 is 0. The van der Waals surface area contributed by atoms with Crippen LogP contribution in [0.2, 0.25) is 0 Å². The van der Waals surface area contributed by atoms with Crippen LogP contribution in [0.3, 0.4) is 0 Å². The van der Waals surface area contributed by atoms with Crippen LogP contribution in [0.4, 0.5) is 0 Å². The van der Waals surface area contributed by atoms with Crippen molar-refractivity contribution in [1.82, 2.24) is 15.0 Å². The summed E-state index contributed by atoms with van der Waals surface area (Å²) in [4.78, 5) is 22.5. The van der Waals surface area contributed by atoms with Crippen molar-refractivity contribution in [3.63, 3.8) is 0 Å². The first-order chi connectivity index (χ1) is 8.22. The highest BCUT2D eigenvalue weighted by Crippen LogP contribution is 2.19. The molecule has 0 aromatic carbocycles. The third-order valence-electron chi connectivity index (χ3n) is 2.05. The van der Waals surface area contributed by atoms with Crippen molar-refractivity contribution in [3.8, 4) is 17.3 Å². The molecule has 0 saturated carbocycles. The summed E-state index contributed by atoms with van der Waals surface area (Å²) in [5, 5.41) is 17.7. The van der Waals surface area contributed by atoms with E-state index in [2.05, 4.69) is 15.0 Å². The molecule has 82 valence electrons. The molecule has 2 rings (SSSR count). The summed E-state index contributed by atoms with van der Waals surface area (Å²) in [6.07, 6.45) is 4.13. The molecule has 6 nitrogen and oxygen atoms in total. The van der Waals surface area contributed by atoms with Crippen molar-refractivity contribution < 1.29 is 9.90 Å². The molecule has 6 heteroatoms. The zero-order valence-corrected chi connectivity index (χ0v) is 8.53. The molecule has 0 aliphatic carbocycles. The van der Waals surface area contributed by atoms with E-state index in [-0.39, 0.29) is 17.1 Å². The minimum atomic E-state index is -1.16. The van der Waals surface area contributed by atoms with E-state index in [9.17, 15) is 4.79 Å². The monoisotopic (exact) mass is 226 g/mol. The molecular formula is C11H6N4O2. The van der Waals surface area contributed by atoms with Crippen molar-refractivity contribution in [3.05, 3.63) is 42.1 Å². The second-order valence-corrected chi connectivity index (χ2v) is 3.10. The molecule has 2 aromatic rings. The molecule has 17 heavy (non-hydrogen) atoms. The maximum Gasteiger partial charge on any atom is 0.356 e. The number of aromatic nitrogens is 3. The molecule has 0 unspecified atom stereocenters. The van der Waals surface area contributed by atoms with Gasteiger partial charge in [0.05, 0.1) is 0 Å². The summed E-state index contributed by atoms with van der Waals surface area (Å²) < 4.78 is 0. The summed E-state index contributed by atoms with van der Waals surface area (Å²) in [6.45, 7) is 0. The van der Waals surface area contributed by atoms with Gasteiger partial charge in [-0.25, -0.2) is 14.8 Å². The van der Waals surface area contributed by atoms with Gasteiger partial charge in [-0.1, -0.05) is 0 Å². The van der Waals surface area contributed by atoms with Gasteiger partial charge in [-0.3, -0.25) is 4.98 Å². The van der Waals surface area contributed by atoms with Crippen LogP contribution in [0.15, 0.2) is 30.7 Å². The van der Waals surface area contributed by atoms with E-state index >= 15 is 0 Å². The number of nitriles is 1. The van der Waals surface area contributed by atoms with Crippen molar-refractivity contribution in [2.24, 2.45) is 0 Å². The lowest BCUT2D eigenvalue weighted by Crippen LogP contribution is -2.04. The summed E-state index contributed by atoms with van der Waals surface area (Å²) in [5.41, 5.74) is 0.771. The summed E-state index contributed by atoms with van der Waals surface area (Å²) in [5.74, 6) is -1.16. The van der Waals surface area contributed by atoms with E-state index in [1.54, 1.807) is 6.07 Å². The number of hydrogen-bond acceptors (Lipinski definition) is 5. The number of carboxylic acids is 1. The van der Waals surface area contributed by atoms with E-state index in [1.807, 2.05) is 6.07 Å². The predicted octanol–water partition coefficient (Wildman–Crippen LogP) is 1.11. The molecule has 0 saturated heterocycles. The molecule has 0 aliphatic heterocycles. The molecule has 0 bridgehead atoms. The van der Waals surface area contributed by atoms with Gasteiger partial charge in [-0.15, -0.1) is 0 Å². The smallest absolute Gasteiger partial charge is 0.356 e. The number of rotatable bonds is 2. The van der Waals surface area contributed by atoms with Gasteiger partial charge in [0, 0.05) is 24.2 Å². The molecule has 2 aromatic heterocycles. The molecule has 1 N–H and O–H groups in total. The van der Waals surface area contributed by atoms with Crippen LogP contribution < -0.4 is 0 Å². The van der Waals surface area contributed by atoms with Crippen LogP contribution in [0.1, 0.15) is 16.2 Å². The minimum Gasteiger partial charge on any atom is -0.476 e. The van der Waals surface area contributed by atoms with Gasteiger partial charge in [0.25, 0.3) is 0 Å². The van der Waals surface area contributed by atoms with E-state index in [0.29, 0.717) is 5.56 Å². The second kappa shape index (κ2) is 4.37. The Morgan fingerprint density at radius 3 is 2.71 bits per heavy atom. The van der Waals surface area contributed by atoms with Crippen LogP contribution in [0, 0.1) is 11.3 Å². The average molecular weight is 226 g/mol. The van der Waals surface area contributed by atoms with Gasteiger partial charge >= 0.3 is 5.97 Å². The van der Waals surface area contributed by atoms with Crippen molar-refractivity contribution >= 4 is 5.97 Å². The highest BCUT2D eigenvalue weighted by molar-refractivity contribution is 5.92. The topological polar surface area (TPSA) is 99.8 Å². The molecule has 0 amide bonds. The molecule has 0 atom stereocenters. The fourth-order valence-electron chi connectivity index (χ4n) is 1.34. The fourth-order valence-corrected chi connectivity index (χ4v) is 1.34. The third kappa shape index (κ3) is 2.08. The average Bonchev–Trinajstić information content (AvgIpc) is 2.39. The first kappa shape index (κ1) is 10.7. The number of nitrogens with zero attached hydrogens (tertiary/aromatic N) is 4. The van der Waals surface area contributed by atoms with E-state index in [1.165, 1.54) is 24.7 Å². The first-order valence-corrected chi connectivity index (χ1v) is 4.63. The Balaban J connectivity index is 2.61. The van der Waals surface area contributed by atoms with Crippen molar-refractivity contribution in [2.45, 2.75) is 0 Å². The van der Waals surface area contributed by atoms with Gasteiger partial charge in [-0.2, -0.15) is 5.26 Å². The normalized spacial score (nSPS) is 9.59. The zero-order valence-electron chi connectivity index (χ0n) is 8.53. The number of aromatic carboxylic acids is 1. The molecule has 0 aliphatic rings. The molecule has 2 heterocycles. The molecular weight excluding hydrogens is 220 g/mol. The van der Waals surface area contributed by atoms with Gasteiger partial charge in [0.1, 0.15) is 17.5 Å². The Kier molecular flexibility index (Phi) is 2.75. The van der Waals surface area contributed by atoms with Gasteiger partial charge in [-0.05, 0) is 12.1 Å². The van der Waals surface area contributed by atoms with Gasteiger partial charge in [0.2, 0.25) is 0 Å². The van der Waals surface area contributed by atoms with Crippen LogP contribution in [-0.2, 0) is 0 Å². The number of hydrogen-bond donors (Lipinski definition) is 1. The first-order valence-electron chi connectivity index (χ1n) is 4.63. The highest BCUT2D eigenvalue weighted by atomic mass is 16.4. The third-order valence-corrected chi connectivity index (χ3v) is 2.05. The van der Waals surface area contributed by atoms with Crippen molar-refractivity contribution in [1.29, 1.82) is 5.26 Å². The zero-order chi connectivity index (χ0) is 12.3. The Morgan fingerprint density at radius 1 is 1.24 bits per heavy atom. The minimum absolute atomic E-state index is 0.150. The Morgan fingerprint density at radius 2 is 2.00 bits per heavy atom. The van der Waals surface area contributed by atoms with Crippen LogP contribution in [0.25, 0.3) is 11.3 Å². The number of carboxylic acid groups (broad SMARTS) is 1. The highest BCUT2D eigenvalue weighted by Gasteiger charge is 2.14. The lowest BCUT2D eigenvalue weighted by atomic mass is 10.1. The van der Waals surface area contributed by atoms with Gasteiger partial charge < -0.3 is 5.11 Å². The van der Waals surface area contributed by atoms with Crippen LogP contribution in [0.5, 0.6) is 0 Å². The lowest BCUT2D eigenvalue weighted by Gasteiger charge is -2.03. The lowest BCUT2D eigenvalue weighted by molar-refractivity contribution is 0.0691. The Hall–Kier alpha value is -2.81. The summed E-state index contributed by atoms with van der Waals surface area (Å²) in [7, 11) is 0. The van der Waals surface area contributed by atoms with E-state index < -0.39 is 5.97 Å². The number of carbonyl (C=O) groups is 1. The Bertz CT molecular complexity index is 619. The Labute approximate surface area is 96.2 Å². The van der Waals surface area contributed by atoms with Crippen LogP contribution in [-0.4, -0.2) is 26.0 Å². The van der Waals surface area contributed by atoms with E-state index in [0.717, 1.165) is 0 Å². The molecule has 0 fully saturated rings. The SMILES string of the molecule is N#Cc1cc(-c2nccnc2C(=O)O)ccn1. The largest absolute Gasteiger partial charge is 0.476 e. The number of pyridine rings is 1. The van der Waals surface area contributed by atoms with E-state index in [4.69, 9.17) is 10.4 Å². The molecule has 0 spiro atoms. The van der Waals surface area contributed by atoms with Crippen molar-refractivity contribution in [2.75, 3.05) is 0 Å². The van der Waals surface area contributed by atoms with Crippen LogP contribution >= 0.6 is 0 Å². The summed E-state index contributed by atoms with van der Waals surface area (Å²) in [6, 6.07) is 4.93. The maximum absolute atomic E-state index is 11.0. The fraction of sp³-hybridized carbons (Fsp3) is 0. The maximum atomic E-state index is 11.0. The second-order valence-electron chi connectivity index (χ2n) is 3.10. The predicted molar refractivity (Wildman–Crippen MR) is 56.9 cm³/mol. The quantitative estimate of drug-likeness (QED) is 0.823. The van der Waals surface area contributed by atoms with Gasteiger partial charge in [0.15, 0.2) is 5.69 Å². The molecule has 0 radical (unpaired) electrons. The standard InChI is InChI=1S/C11H6N4O2/c12-6-8-5-7(1-2-13-8)9-10(11(16)17)15-4-3-14-9/h1-5H,(H,16,17).